The summed E-state index contributed by atoms with van der Waals surface area (Å²) in [6, 6.07) is 13.1. The van der Waals surface area contributed by atoms with E-state index in [9.17, 15) is 4.79 Å². The van der Waals surface area contributed by atoms with Crippen LogP contribution in [0.15, 0.2) is 42.5 Å². The van der Waals surface area contributed by atoms with Crippen LogP contribution in [0.3, 0.4) is 0 Å². The maximum atomic E-state index is 12.9. The monoisotopic (exact) mass is 390 g/mol. The Morgan fingerprint density at radius 3 is 2.72 bits per heavy atom. The zero-order valence-corrected chi connectivity index (χ0v) is 16.6. The van der Waals surface area contributed by atoms with Crippen LogP contribution in [-0.2, 0) is 6.42 Å². The van der Waals surface area contributed by atoms with Crippen LogP contribution < -0.4 is 20.1 Å². The van der Waals surface area contributed by atoms with Gasteiger partial charge in [0.25, 0.3) is 5.91 Å². The summed E-state index contributed by atoms with van der Waals surface area (Å²) in [5.41, 5.74) is 4.67. The molecule has 0 unspecified atom stereocenters. The van der Waals surface area contributed by atoms with E-state index in [1.165, 1.54) is 0 Å². The molecule has 0 saturated carbocycles. The van der Waals surface area contributed by atoms with E-state index >= 15 is 0 Å². The van der Waals surface area contributed by atoms with Crippen LogP contribution in [0.5, 0.6) is 11.5 Å². The number of para-hydroxylation sites is 1. The molecule has 0 fully saturated rings. The molecule has 148 valence electrons. The van der Waals surface area contributed by atoms with E-state index in [-0.39, 0.29) is 12.7 Å². The van der Waals surface area contributed by atoms with Crippen LogP contribution in [0.1, 0.15) is 34.2 Å². The molecule has 7 nitrogen and oxygen atoms in total. The Hall–Kier alpha value is -3.61. The van der Waals surface area contributed by atoms with Gasteiger partial charge in [0.1, 0.15) is 5.69 Å². The molecule has 2 N–H and O–H groups in total. The average molecular weight is 390 g/mol. The molecule has 1 aliphatic rings. The molecule has 0 radical (unpaired) electrons. The Kier molecular flexibility index (Phi) is 5.03. The lowest BCUT2D eigenvalue weighted by atomic mass is 10.1. The third-order valence-corrected chi connectivity index (χ3v) is 4.69. The van der Waals surface area contributed by atoms with Gasteiger partial charge in [-0.25, -0.2) is 9.97 Å². The van der Waals surface area contributed by atoms with E-state index in [1.54, 1.807) is 6.07 Å². The van der Waals surface area contributed by atoms with E-state index in [0.29, 0.717) is 28.8 Å². The molecule has 1 aromatic heterocycles. The number of fused-ring (bicyclic) bond motifs is 1. The Labute approximate surface area is 169 Å². The number of ether oxygens (including phenoxy) is 2. The van der Waals surface area contributed by atoms with Gasteiger partial charge in [-0.2, -0.15) is 0 Å². The van der Waals surface area contributed by atoms with Crippen molar-refractivity contribution in [2.45, 2.75) is 27.2 Å². The molecule has 2 aromatic carbocycles. The van der Waals surface area contributed by atoms with Gasteiger partial charge in [0.15, 0.2) is 11.5 Å². The highest BCUT2D eigenvalue weighted by Gasteiger charge is 2.16. The van der Waals surface area contributed by atoms with E-state index in [2.05, 4.69) is 27.5 Å². The minimum atomic E-state index is -0.270. The minimum absolute atomic E-state index is 0.211. The molecule has 0 atom stereocenters. The maximum Gasteiger partial charge on any atom is 0.274 e. The van der Waals surface area contributed by atoms with E-state index in [0.717, 1.165) is 28.9 Å². The molecule has 0 aliphatic carbocycles. The average Bonchev–Trinajstić information content (AvgIpc) is 3.17. The first-order chi connectivity index (χ1) is 14.0. The number of aromatic nitrogens is 2. The van der Waals surface area contributed by atoms with Gasteiger partial charge in [-0.3, -0.25) is 4.79 Å². The van der Waals surface area contributed by atoms with Gasteiger partial charge in [0.2, 0.25) is 12.7 Å². The number of aryl methyl sites for hydroxylation is 3. The van der Waals surface area contributed by atoms with Crippen molar-refractivity contribution in [2.75, 3.05) is 17.4 Å². The molecule has 1 aliphatic heterocycles. The summed E-state index contributed by atoms with van der Waals surface area (Å²) >= 11 is 0. The van der Waals surface area contributed by atoms with Gasteiger partial charge in [-0.05, 0) is 49.6 Å². The van der Waals surface area contributed by atoms with Crippen molar-refractivity contribution in [1.29, 1.82) is 0 Å². The second-order valence-corrected chi connectivity index (χ2v) is 6.83. The van der Waals surface area contributed by atoms with Crippen molar-refractivity contribution in [2.24, 2.45) is 0 Å². The molecule has 0 bridgehead atoms. The molecule has 29 heavy (non-hydrogen) atoms. The standard InChI is InChI=1S/C22H22N4O3/c1-4-15-7-5-6-13(2)20(15)26-21(27)17-10-14(3)23-22(25-17)24-16-8-9-18-19(11-16)29-12-28-18/h5-11H,4,12H2,1-3H3,(H,26,27)(H,23,24,25). The fourth-order valence-corrected chi connectivity index (χ4v) is 3.22. The van der Waals surface area contributed by atoms with Gasteiger partial charge in [0.05, 0.1) is 0 Å². The van der Waals surface area contributed by atoms with E-state index in [1.807, 2.05) is 50.2 Å². The van der Waals surface area contributed by atoms with Crippen molar-refractivity contribution in [3.8, 4) is 11.5 Å². The number of anilines is 3. The van der Waals surface area contributed by atoms with Crippen molar-refractivity contribution < 1.29 is 14.3 Å². The first kappa shape index (κ1) is 18.7. The fraction of sp³-hybridized carbons (Fsp3) is 0.227. The number of amides is 1. The van der Waals surface area contributed by atoms with Crippen molar-refractivity contribution in [3.63, 3.8) is 0 Å². The third-order valence-electron chi connectivity index (χ3n) is 4.69. The minimum Gasteiger partial charge on any atom is -0.454 e. The summed E-state index contributed by atoms with van der Waals surface area (Å²) in [6.07, 6.45) is 0.830. The Morgan fingerprint density at radius 1 is 1.07 bits per heavy atom. The molecular formula is C22H22N4O3. The topological polar surface area (TPSA) is 85.4 Å². The second-order valence-electron chi connectivity index (χ2n) is 6.83. The Bertz CT molecular complexity index is 1080. The number of rotatable bonds is 5. The van der Waals surface area contributed by atoms with Crippen LogP contribution in [0.2, 0.25) is 0 Å². The summed E-state index contributed by atoms with van der Waals surface area (Å²) in [4.78, 5) is 21.7. The highest BCUT2D eigenvalue weighted by molar-refractivity contribution is 6.04. The lowest BCUT2D eigenvalue weighted by molar-refractivity contribution is 0.102. The predicted octanol–water partition coefficient (Wildman–Crippen LogP) is 4.38. The molecule has 0 saturated heterocycles. The van der Waals surface area contributed by atoms with E-state index in [4.69, 9.17) is 9.47 Å². The normalized spacial score (nSPS) is 12.0. The first-order valence-electron chi connectivity index (χ1n) is 9.45. The summed E-state index contributed by atoms with van der Waals surface area (Å²) < 4.78 is 10.7. The summed E-state index contributed by atoms with van der Waals surface area (Å²) in [7, 11) is 0. The van der Waals surface area contributed by atoms with Gasteiger partial charge in [-0.1, -0.05) is 25.1 Å². The number of carbonyl (C=O) groups is 1. The quantitative estimate of drug-likeness (QED) is 0.672. The third kappa shape index (κ3) is 3.99. The molecule has 0 spiro atoms. The lowest BCUT2D eigenvalue weighted by Crippen LogP contribution is -2.17. The van der Waals surface area contributed by atoms with Crippen molar-refractivity contribution in [3.05, 3.63) is 65.0 Å². The highest BCUT2D eigenvalue weighted by atomic mass is 16.7. The van der Waals surface area contributed by atoms with Crippen LogP contribution >= 0.6 is 0 Å². The fourth-order valence-electron chi connectivity index (χ4n) is 3.22. The predicted molar refractivity (Wildman–Crippen MR) is 111 cm³/mol. The lowest BCUT2D eigenvalue weighted by Gasteiger charge is -2.13. The molecule has 3 aromatic rings. The summed E-state index contributed by atoms with van der Waals surface area (Å²) in [6.45, 7) is 6.08. The number of nitrogens with one attached hydrogen (secondary N) is 2. The van der Waals surface area contributed by atoms with Gasteiger partial charge >= 0.3 is 0 Å². The van der Waals surface area contributed by atoms with Gasteiger partial charge < -0.3 is 20.1 Å². The van der Waals surface area contributed by atoms with Crippen molar-refractivity contribution >= 4 is 23.2 Å². The van der Waals surface area contributed by atoms with Crippen molar-refractivity contribution in [1.82, 2.24) is 9.97 Å². The number of carbonyl (C=O) groups excluding carboxylic acids is 1. The summed E-state index contributed by atoms with van der Waals surface area (Å²) in [5, 5.41) is 6.13. The molecule has 7 heteroatoms. The van der Waals surface area contributed by atoms with Crippen LogP contribution in [-0.4, -0.2) is 22.7 Å². The van der Waals surface area contributed by atoms with Crippen LogP contribution in [0, 0.1) is 13.8 Å². The molecule has 1 amide bonds. The zero-order valence-electron chi connectivity index (χ0n) is 16.6. The van der Waals surface area contributed by atoms with Gasteiger partial charge in [0, 0.05) is 23.1 Å². The van der Waals surface area contributed by atoms with E-state index < -0.39 is 0 Å². The zero-order chi connectivity index (χ0) is 20.4. The number of nitrogens with zero attached hydrogens (tertiary/aromatic N) is 2. The molecular weight excluding hydrogens is 368 g/mol. The Balaban J connectivity index is 1.58. The second kappa shape index (κ2) is 7.79. The molecule has 4 rings (SSSR count). The van der Waals surface area contributed by atoms with Crippen LogP contribution in [0.4, 0.5) is 17.3 Å². The Morgan fingerprint density at radius 2 is 1.90 bits per heavy atom. The largest absolute Gasteiger partial charge is 0.454 e. The van der Waals surface area contributed by atoms with Crippen LogP contribution in [0.25, 0.3) is 0 Å². The number of hydrogen-bond acceptors (Lipinski definition) is 6. The van der Waals surface area contributed by atoms with Gasteiger partial charge in [-0.15, -0.1) is 0 Å². The first-order valence-corrected chi connectivity index (χ1v) is 9.45. The smallest absolute Gasteiger partial charge is 0.274 e. The molecule has 2 heterocycles. The summed E-state index contributed by atoms with van der Waals surface area (Å²) in [5.74, 6) is 1.43. The highest BCUT2D eigenvalue weighted by Crippen LogP contribution is 2.34. The number of benzene rings is 2. The number of hydrogen-bond donors (Lipinski definition) is 2. The maximum absolute atomic E-state index is 12.9. The SMILES string of the molecule is CCc1cccc(C)c1NC(=O)c1cc(C)nc(Nc2ccc3c(c2)OCO3)n1.